The van der Waals surface area contributed by atoms with Gasteiger partial charge in [-0.3, -0.25) is 4.79 Å². The maximum Gasteiger partial charge on any atom is 0.371 e. The van der Waals surface area contributed by atoms with E-state index in [0.29, 0.717) is 12.8 Å². The number of carbonyl (C=O) groups is 3. The second-order valence-electron chi connectivity index (χ2n) is 3.26. The highest BCUT2D eigenvalue weighted by molar-refractivity contribution is 7.56. The smallest absolute Gasteiger partial charge is 0.371 e. The molecule has 0 aromatic rings. The molecule has 0 aromatic carbocycles. The quantitative estimate of drug-likeness (QED) is 0.213. The number of rotatable bonds is 8. The number of ether oxygens (including phenoxy) is 2. The Bertz CT molecular complexity index is 353. The SMILES string of the molecule is C=[P+](CCOC(=O)C=O)C(C)N=CC(=O)OCC. The molecule has 0 bridgehead atoms. The molecule has 100 valence electrons. The van der Waals surface area contributed by atoms with Crippen molar-refractivity contribution in [2.45, 2.75) is 19.6 Å². The van der Waals surface area contributed by atoms with Crippen LogP contribution >= 0.6 is 7.55 Å². The van der Waals surface area contributed by atoms with Crippen LogP contribution in [0.4, 0.5) is 0 Å². The first-order chi connectivity index (χ1) is 8.51. The van der Waals surface area contributed by atoms with E-state index in [0.717, 1.165) is 6.21 Å². The number of aliphatic imine (C=N–C) groups is 1. The van der Waals surface area contributed by atoms with Crippen LogP contribution in [0.5, 0.6) is 0 Å². The molecule has 2 unspecified atom stereocenters. The largest absolute Gasteiger partial charge is 0.462 e. The lowest BCUT2D eigenvalue weighted by Crippen LogP contribution is -2.10. The molecule has 0 fully saturated rings. The summed E-state index contributed by atoms with van der Waals surface area (Å²) in [6.45, 7) is 3.97. The van der Waals surface area contributed by atoms with E-state index in [2.05, 4.69) is 20.8 Å². The second-order valence-corrected chi connectivity index (χ2v) is 5.63. The minimum Gasteiger partial charge on any atom is -0.462 e. The third-order valence-corrected chi connectivity index (χ3v) is 3.88. The molecule has 0 heterocycles. The predicted octanol–water partition coefficient (Wildman–Crippen LogP) is 0.622. The van der Waals surface area contributed by atoms with E-state index < -0.39 is 19.5 Å². The summed E-state index contributed by atoms with van der Waals surface area (Å²) in [4.78, 5) is 35.6. The molecule has 0 amide bonds. The molecule has 0 radical (unpaired) electrons. The Labute approximate surface area is 107 Å². The summed E-state index contributed by atoms with van der Waals surface area (Å²) >= 11 is 0. The molecule has 0 aliphatic rings. The summed E-state index contributed by atoms with van der Waals surface area (Å²) in [6, 6.07) is 0. The van der Waals surface area contributed by atoms with Crippen molar-refractivity contribution in [3.8, 4) is 0 Å². The maximum absolute atomic E-state index is 11.0. The molecule has 6 nitrogen and oxygen atoms in total. The summed E-state index contributed by atoms with van der Waals surface area (Å²) in [5.74, 6) is -1.51. The van der Waals surface area contributed by atoms with Gasteiger partial charge in [0.15, 0.2) is 0 Å². The number of esters is 2. The van der Waals surface area contributed by atoms with Gasteiger partial charge in [-0.05, 0) is 13.8 Å². The van der Waals surface area contributed by atoms with Crippen molar-refractivity contribution >= 4 is 38.3 Å². The van der Waals surface area contributed by atoms with Gasteiger partial charge in [-0.2, -0.15) is 0 Å². The molecule has 7 heteroatoms. The van der Waals surface area contributed by atoms with Gasteiger partial charge < -0.3 is 9.47 Å². The van der Waals surface area contributed by atoms with Crippen LogP contribution in [0.1, 0.15) is 13.8 Å². The highest BCUT2D eigenvalue weighted by atomic mass is 31.1. The minimum absolute atomic E-state index is 0.119. The van der Waals surface area contributed by atoms with Crippen molar-refractivity contribution in [2.24, 2.45) is 4.99 Å². The first-order valence-electron chi connectivity index (χ1n) is 5.40. The van der Waals surface area contributed by atoms with Crippen LogP contribution in [-0.2, 0) is 23.9 Å². The van der Waals surface area contributed by atoms with Gasteiger partial charge in [0.1, 0.15) is 26.5 Å². The predicted molar refractivity (Wildman–Crippen MR) is 70.5 cm³/mol. The highest BCUT2D eigenvalue weighted by Crippen LogP contribution is 2.27. The zero-order valence-corrected chi connectivity index (χ0v) is 11.4. The molecule has 0 aromatic heterocycles. The highest BCUT2D eigenvalue weighted by Gasteiger charge is 2.16. The van der Waals surface area contributed by atoms with Gasteiger partial charge in [0.25, 0.3) is 0 Å². The van der Waals surface area contributed by atoms with E-state index >= 15 is 0 Å². The molecule has 0 N–H and O–H groups in total. The van der Waals surface area contributed by atoms with Crippen molar-refractivity contribution in [1.29, 1.82) is 0 Å². The van der Waals surface area contributed by atoms with Gasteiger partial charge in [-0.15, -0.1) is 0 Å². The van der Waals surface area contributed by atoms with Crippen LogP contribution in [0.25, 0.3) is 0 Å². The summed E-state index contributed by atoms with van der Waals surface area (Å²) in [7, 11) is -0.766. The Hall–Kier alpha value is -1.55. The summed E-state index contributed by atoms with van der Waals surface area (Å²) < 4.78 is 9.29. The molecule has 0 saturated heterocycles. The van der Waals surface area contributed by atoms with Gasteiger partial charge in [0.05, 0.1) is 12.9 Å². The van der Waals surface area contributed by atoms with Gasteiger partial charge in [-0.1, -0.05) is 0 Å². The molecule has 0 aliphatic heterocycles. The molecule has 0 rings (SSSR count). The van der Waals surface area contributed by atoms with Crippen molar-refractivity contribution in [2.75, 3.05) is 19.4 Å². The van der Waals surface area contributed by atoms with Crippen LogP contribution in [0.15, 0.2) is 4.99 Å². The second kappa shape index (κ2) is 9.48. The van der Waals surface area contributed by atoms with E-state index in [4.69, 9.17) is 0 Å². The minimum atomic E-state index is -0.888. The number of aldehydes is 1. The normalized spacial score (nSPS) is 12.9. The molecule has 2 atom stereocenters. The van der Waals surface area contributed by atoms with Gasteiger partial charge in [0.2, 0.25) is 12.1 Å². The Morgan fingerprint density at radius 1 is 1.39 bits per heavy atom. The third kappa shape index (κ3) is 7.68. The fourth-order valence-corrected chi connectivity index (χ4v) is 1.88. The van der Waals surface area contributed by atoms with E-state index in [1.54, 1.807) is 6.92 Å². The Balaban J connectivity index is 3.99. The molecule has 0 saturated carbocycles. The average molecular weight is 274 g/mol. The van der Waals surface area contributed by atoms with E-state index in [-0.39, 0.29) is 18.7 Å². The maximum atomic E-state index is 11.0. The topological polar surface area (TPSA) is 82.0 Å². The van der Waals surface area contributed by atoms with Crippen LogP contribution < -0.4 is 0 Å². The summed E-state index contributed by atoms with van der Waals surface area (Å²) in [5.41, 5.74) is 0. The number of hydrogen-bond donors (Lipinski definition) is 0. The first kappa shape index (κ1) is 16.4. The lowest BCUT2D eigenvalue weighted by Gasteiger charge is -2.01. The molecular weight excluding hydrogens is 257 g/mol. The molecule has 18 heavy (non-hydrogen) atoms. The molecule has 0 spiro atoms. The Morgan fingerprint density at radius 2 is 2.06 bits per heavy atom. The summed E-state index contributed by atoms with van der Waals surface area (Å²) in [5, 5.41) is 0. The summed E-state index contributed by atoms with van der Waals surface area (Å²) in [6.07, 6.45) is 5.68. The van der Waals surface area contributed by atoms with E-state index in [1.165, 1.54) is 0 Å². The van der Waals surface area contributed by atoms with Gasteiger partial charge >= 0.3 is 11.9 Å². The standard InChI is InChI=1S/C11H17NO5P/c1-4-16-10(14)7-12-9(2)18(3)6-5-17-11(15)8-13/h7-9H,3-6H2,1-2H3/q+1. The molecule has 0 aliphatic carbocycles. The zero-order valence-electron chi connectivity index (χ0n) is 10.5. The van der Waals surface area contributed by atoms with Crippen molar-refractivity contribution < 1.29 is 23.9 Å². The van der Waals surface area contributed by atoms with Crippen LogP contribution in [0.3, 0.4) is 0 Å². The lowest BCUT2D eigenvalue weighted by molar-refractivity contribution is -0.148. The monoisotopic (exact) mass is 274 g/mol. The zero-order chi connectivity index (χ0) is 14.0. The van der Waals surface area contributed by atoms with Crippen LogP contribution in [-0.4, -0.2) is 55.9 Å². The fraction of sp³-hybridized carbons (Fsp3) is 0.545. The Morgan fingerprint density at radius 3 is 2.61 bits per heavy atom. The first-order valence-corrected chi connectivity index (χ1v) is 7.18. The average Bonchev–Trinajstić information content (AvgIpc) is 2.35. The van der Waals surface area contributed by atoms with Gasteiger partial charge in [-0.25, -0.2) is 14.6 Å². The number of carbonyl (C=O) groups excluding carboxylic acids is 3. The molecular formula is C11H17NO5P+. The fourth-order valence-electron chi connectivity index (χ4n) is 0.927. The van der Waals surface area contributed by atoms with E-state index in [1.807, 2.05) is 6.92 Å². The number of nitrogens with zero attached hydrogens (tertiary/aromatic N) is 1. The van der Waals surface area contributed by atoms with Crippen molar-refractivity contribution in [1.82, 2.24) is 0 Å². The lowest BCUT2D eigenvalue weighted by atomic mass is 10.7. The van der Waals surface area contributed by atoms with Crippen molar-refractivity contribution in [3.05, 3.63) is 0 Å². The van der Waals surface area contributed by atoms with Crippen molar-refractivity contribution in [3.63, 3.8) is 0 Å². The van der Waals surface area contributed by atoms with Crippen LogP contribution in [0.2, 0.25) is 0 Å². The number of hydrogen-bond acceptors (Lipinski definition) is 6. The Kier molecular flexibility index (Phi) is 8.66. The van der Waals surface area contributed by atoms with Crippen LogP contribution in [0, 0.1) is 0 Å². The van der Waals surface area contributed by atoms with E-state index in [9.17, 15) is 14.4 Å². The third-order valence-electron chi connectivity index (χ3n) is 1.93. The van der Waals surface area contributed by atoms with Gasteiger partial charge in [0, 0.05) is 0 Å².